The van der Waals surface area contributed by atoms with Gasteiger partial charge in [-0.05, 0) is 35.9 Å². The molecule has 0 aliphatic carbocycles. The molecule has 5 heteroatoms. The van der Waals surface area contributed by atoms with Crippen LogP contribution in [0.25, 0.3) is 11.0 Å². The Kier molecular flexibility index (Phi) is 3.88. The first kappa shape index (κ1) is 13.7. The lowest BCUT2D eigenvalue weighted by molar-refractivity contribution is 0.779. The van der Waals surface area contributed by atoms with Gasteiger partial charge in [0.1, 0.15) is 5.82 Å². The van der Waals surface area contributed by atoms with E-state index in [2.05, 4.69) is 9.55 Å². The quantitative estimate of drug-likeness (QED) is 0.610. The largest absolute Gasteiger partial charge is 0.322 e. The fourth-order valence-corrected chi connectivity index (χ4v) is 2.83. The zero-order valence-corrected chi connectivity index (χ0v) is 12.8. The summed E-state index contributed by atoms with van der Waals surface area (Å²) in [6.07, 6.45) is 0. The van der Waals surface area contributed by atoms with Crippen LogP contribution in [0.5, 0.6) is 0 Å². The Morgan fingerprint density at radius 3 is 2.55 bits per heavy atom. The van der Waals surface area contributed by atoms with Crippen LogP contribution < -0.4 is 0 Å². The fraction of sp³-hybridized carbons (Fsp3) is 0.133. The summed E-state index contributed by atoms with van der Waals surface area (Å²) >= 11 is 18.0. The molecule has 0 aliphatic rings. The van der Waals surface area contributed by atoms with Gasteiger partial charge in [-0.2, -0.15) is 0 Å². The van der Waals surface area contributed by atoms with E-state index in [-0.39, 0.29) is 0 Å². The number of rotatable bonds is 3. The van der Waals surface area contributed by atoms with Crippen LogP contribution in [0.3, 0.4) is 0 Å². The monoisotopic (exact) mass is 324 g/mol. The zero-order chi connectivity index (χ0) is 14.1. The highest BCUT2D eigenvalue weighted by Crippen LogP contribution is 2.23. The maximum atomic E-state index is 6.03. The first-order chi connectivity index (χ1) is 9.67. The number of imidazole rings is 1. The average molecular weight is 326 g/mol. The summed E-state index contributed by atoms with van der Waals surface area (Å²) in [4.78, 5) is 4.52. The molecule has 0 spiro atoms. The second-order valence-corrected chi connectivity index (χ2v) is 5.65. The van der Waals surface area contributed by atoms with Crippen molar-refractivity contribution < 1.29 is 0 Å². The average Bonchev–Trinajstić information content (AvgIpc) is 2.76. The molecule has 0 atom stereocenters. The van der Waals surface area contributed by atoms with Crippen LogP contribution in [-0.2, 0) is 12.4 Å². The van der Waals surface area contributed by atoms with Crippen molar-refractivity contribution in [3.63, 3.8) is 0 Å². The van der Waals surface area contributed by atoms with Gasteiger partial charge in [0.15, 0.2) is 0 Å². The molecule has 0 saturated carbocycles. The predicted octanol–water partition coefficient (Wildman–Crippen LogP) is 5.13. The molecule has 2 nitrogen and oxygen atoms in total. The van der Waals surface area contributed by atoms with E-state index in [0.717, 1.165) is 27.4 Å². The van der Waals surface area contributed by atoms with Crippen molar-refractivity contribution in [2.45, 2.75) is 12.4 Å². The molecular formula is C15H11Cl3N2. The molecule has 3 rings (SSSR count). The molecule has 0 N–H and O–H groups in total. The summed E-state index contributed by atoms with van der Waals surface area (Å²) in [5.74, 6) is 1.18. The highest BCUT2D eigenvalue weighted by atomic mass is 35.5. The van der Waals surface area contributed by atoms with Crippen LogP contribution >= 0.6 is 34.8 Å². The van der Waals surface area contributed by atoms with Gasteiger partial charge in [0.2, 0.25) is 0 Å². The van der Waals surface area contributed by atoms with Gasteiger partial charge >= 0.3 is 0 Å². The highest BCUT2D eigenvalue weighted by Gasteiger charge is 2.10. The molecule has 20 heavy (non-hydrogen) atoms. The maximum absolute atomic E-state index is 6.03. The summed E-state index contributed by atoms with van der Waals surface area (Å²) in [7, 11) is 0. The van der Waals surface area contributed by atoms with Crippen molar-refractivity contribution in [3.05, 3.63) is 63.9 Å². The minimum absolute atomic E-state index is 0.354. The van der Waals surface area contributed by atoms with E-state index in [9.17, 15) is 0 Å². The fourth-order valence-electron chi connectivity index (χ4n) is 2.25. The summed E-state index contributed by atoms with van der Waals surface area (Å²) in [5, 5.41) is 1.40. The summed E-state index contributed by atoms with van der Waals surface area (Å²) in [6.45, 7) is 0.681. The Morgan fingerprint density at radius 2 is 1.80 bits per heavy atom. The Labute approximate surface area is 131 Å². The number of halogens is 3. The van der Waals surface area contributed by atoms with E-state index < -0.39 is 0 Å². The van der Waals surface area contributed by atoms with Crippen molar-refractivity contribution in [1.29, 1.82) is 0 Å². The molecule has 102 valence electrons. The number of aromatic nitrogens is 2. The second-order valence-electron chi connectivity index (χ2n) is 4.51. The van der Waals surface area contributed by atoms with Crippen molar-refractivity contribution in [2.24, 2.45) is 0 Å². The van der Waals surface area contributed by atoms with Crippen molar-refractivity contribution in [2.75, 3.05) is 0 Å². The van der Waals surface area contributed by atoms with E-state index >= 15 is 0 Å². The first-order valence-corrected chi connectivity index (χ1v) is 7.41. The van der Waals surface area contributed by atoms with Gasteiger partial charge in [-0.1, -0.05) is 35.3 Å². The van der Waals surface area contributed by atoms with Crippen LogP contribution in [0.4, 0.5) is 0 Å². The van der Waals surface area contributed by atoms with Crippen LogP contribution in [0, 0.1) is 0 Å². The molecule has 1 aromatic heterocycles. The van der Waals surface area contributed by atoms with Crippen molar-refractivity contribution in [1.82, 2.24) is 9.55 Å². The maximum Gasteiger partial charge on any atom is 0.125 e. The summed E-state index contributed by atoms with van der Waals surface area (Å²) < 4.78 is 2.09. The third kappa shape index (κ3) is 2.64. The van der Waals surface area contributed by atoms with Gasteiger partial charge in [-0.25, -0.2) is 4.98 Å². The molecule has 1 heterocycles. The van der Waals surface area contributed by atoms with Crippen molar-refractivity contribution in [3.8, 4) is 0 Å². The predicted molar refractivity (Wildman–Crippen MR) is 84.9 cm³/mol. The van der Waals surface area contributed by atoms with E-state index in [1.165, 1.54) is 0 Å². The number of fused-ring (bicyclic) bond motifs is 1. The van der Waals surface area contributed by atoms with Crippen LogP contribution in [-0.4, -0.2) is 9.55 Å². The van der Waals surface area contributed by atoms with Gasteiger partial charge in [0.05, 0.1) is 16.9 Å². The van der Waals surface area contributed by atoms with E-state index in [4.69, 9.17) is 34.8 Å². The summed E-state index contributed by atoms with van der Waals surface area (Å²) in [6, 6.07) is 13.4. The Morgan fingerprint density at radius 1 is 1.00 bits per heavy atom. The van der Waals surface area contributed by atoms with E-state index in [1.807, 2.05) is 42.5 Å². The zero-order valence-electron chi connectivity index (χ0n) is 10.5. The Balaban J connectivity index is 2.10. The van der Waals surface area contributed by atoms with Crippen LogP contribution in [0.2, 0.25) is 10.0 Å². The smallest absolute Gasteiger partial charge is 0.125 e. The van der Waals surface area contributed by atoms with Crippen molar-refractivity contribution >= 4 is 45.8 Å². The normalized spacial score (nSPS) is 11.2. The SMILES string of the molecule is ClCc1nc2cc(Cl)ccc2n1Cc1cccc(Cl)c1. The molecule has 0 unspecified atom stereocenters. The molecule has 3 aromatic rings. The number of hydrogen-bond donors (Lipinski definition) is 0. The molecule has 0 saturated heterocycles. The lowest BCUT2D eigenvalue weighted by atomic mass is 10.2. The van der Waals surface area contributed by atoms with Gasteiger partial charge in [-0.3, -0.25) is 0 Å². The number of hydrogen-bond acceptors (Lipinski definition) is 1. The minimum Gasteiger partial charge on any atom is -0.322 e. The molecule has 0 bridgehead atoms. The second kappa shape index (κ2) is 5.65. The molecule has 0 aliphatic heterocycles. The lowest BCUT2D eigenvalue weighted by Gasteiger charge is -2.08. The molecule has 0 fully saturated rings. The van der Waals surface area contributed by atoms with Gasteiger partial charge in [0, 0.05) is 16.6 Å². The minimum atomic E-state index is 0.354. The summed E-state index contributed by atoms with van der Waals surface area (Å²) in [5.41, 5.74) is 2.98. The molecule has 0 amide bonds. The standard InChI is InChI=1S/C15H11Cl3N2/c16-8-15-19-13-7-12(18)4-5-14(13)20(15)9-10-2-1-3-11(17)6-10/h1-7H,8-9H2. The van der Waals surface area contributed by atoms with E-state index in [0.29, 0.717) is 17.4 Å². The third-order valence-corrected chi connectivity index (χ3v) is 3.85. The van der Waals surface area contributed by atoms with E-state index in [1.54, 1.807) is 0 Å². The molecular weight excluding hydrogens is 315 g/mol. The Hall–Kier alpha value is -1.22. The van der Waals surface area contributed by atoms with Gasteiger partial charge in [-0.15, -0.1) is 11.6 Å². The topological polar surface area (TPSA) is 17.8 Å². The lowest BCUT2D eigenvalue weighted by Crippen LogP contribution is -2.03. The Bertz CT molecular complexity index is 765. The third-order valence-electron chi connectivity index (χ3n) is 3.14. The number of benzene rings is 2. The number of nitrogens with zero attached hydrogens (tertiary/aromatic N) is 2. The number of alkyl halides is 1. The van der Waals surface area contributed by atoms with Gasteiger partial charge < -0.3 is 4.57 Å². The van der Waals surface area contributed by atoms with Gasteiger partial charge in [0.25, 0.3) is 0 Å². The van der Waals surface area contributed by atoms with Crippen LogP contribution in [0.1, 0.15) is 11.4 Å². The molecule has 2 aromatic carbocycles. The first-order valence-electron chi connectivity index (χ1n) is 6.12. The highest BCUT2D eigenvalue weighted by molar-refractivity contribution is 6.31. The van der Waals surface area contributed by atoms with Crippen LogP contribution in [0.15, 0.2) is 42.5 Å². The molecule has 0 radical (unpaired) electrons.